The summed E-state index contributed by atoms with van der Waals surface area (Å²) in [5.74, 6) is 1.02. The predicted octanol–water partition coefficient (Wildman–Crippen LogP) is 3.43. The predicted molar refractivity (Wildman–Crippen MR) is 113 cm³/mol. The lowest BCUT2D eigenvalue weighted by atomic mass is 9.94. The van der Waals surface area contributed by atoms with Crippen molar-refractivity contribution in [2.45, 2.75) is 18.8 Å². The molecule has 8 heteroatoms. The van der Waals surface area contributed by atoms with Crippen molar-refractivity contribution in [2.24, 2.45) is 0 Å². The highest BCUT2D eigenvalue weighted by Gasteiger charge is 2.24. The molecule has 1 aliphatic rings. The van der Waals surface area contributed by atoms with Crippen LogP contribution >= 0.6 is 11.3 Å². The molecule has 3 aromatic rings. The SMILES string of the molecule is COc1cccc(-c2cncc(C3CCCN(CC(=O)Nc4nccs4)C3)n2)c1. The lowest BCUT2D eigenvalue weighted by Crippen LogP contribution is -2.40. The highest BCUT2D eigenvalue weighted by Crippen LogP contribution is 2.28. The molecule has 1 saturated heterocycles. The van der Waals surface area contributed by atoms with Crippen LogP contribution in [0.2, 0.25) is 0 Å². The van der Waals surface area contributed by atoms with Gasteiger partial charge in [-0.2, -0.15) is 0 Å². The second-order valence-corrected chi connectivity index (χ2v) is 7.92. The molecular weight excluding hydrogens is 386 g/mol. The maximum Gasteiger partial charge on any atom is 0.240 e. The molecule has 0 radical (unpaired) electrons. The number of benzene rings is 1. The van der Waals surface area contributed by atoms with E-state index >= 15 is 0 Å². The topological polar surface area (TPSA) is 80.2 Å². The van der Waals surface area contributed by atoms with E-state index in [1.54, 1.807) is 19.5 Å². The number of amides is 1. The molecule has 1 amide bonds. The molecule has 1 fully saturated rings. The first-order chi connectivity index (χ1) is 14.2. The molecule has 29 heavy (non-hydrogen) atoms. The van der Waals surface area contributed by atoms with Gasteiger partial charge in [-0.05, 0) is 31.5 Å². The van der Waals surface area contributed by atoms with E-state index in [1.165, 1.54) is 11.3 Å². The van der Waals surface area contributed by atoms with Crippen LogP contribution in [0, 0.1) is 0 Å². The number of rotatable bonds is 6. The summed E-state index contributed by atoms with van der Waals surface area (Å²) in [6.45, 7) is 2.06. The minimum absolute atomic E-state index is 0.0307. The van der Waals surface area contributed by atoms with Gasteiger partial charge in [-0.15, -0.1) is 11.3 Å². The Bertz CT molecular complexity index is 963. The number of thiazole rings is 1. The first-order valence-electron chi connectivity index (χ1n) is 9.59. The number of likely N-dealkylation sites (tertiary alicyclic amines) is 1. The number of aromatic nitrogens is 3. The van der Waals surface area contributed by atoms with Gasteiger partial charge < -0.3 is 10.1 Å². The number of methoxy groups -OCH3 is 1. The Labute approximate surface area is 173 Å². The molecule has 1 unspecified atom stereocenters. The number of carbonyl (C=O) groups excluding carboxylic acids is 1. The molecule has 1 N–H and O–H groups in total. The van der Waals surface area contributed by atoms with Crippen LogP contribution in [-0.2, 0) is 4.79 Å². The lowest BCUT2D eigenvalue weighted by Gasteiger charge is -2.31. The van der Waals surface area contributed by atoms with E-state index < -0.39 is 0 Å². The number of nitrogens with zero attached hydrogens (tertiary/aromatic N) is 4. The van der Waals surface area contributed by atoms with E-state index in [9.17, 15) is 4.79 Å². The third-order valence-electron chi connectivity index (χ3n) is 4.99. The maximum atomic E-state index is 12.3. The quantitative estimate of drug-likeness (QED) is 0.672. The number of hydrogen-bond acceptors (Lipinski definition) is 7. The van der Waals surface area contributed by atoms with Gasteiger partial charge in [-0.1, -0.05) is 12.1 Å². The Hall–Kier alpha value is -2.84. The first kappa shape index (κ1) is 19.5. The summed E-state index contributed by atoms with van der Waals surface area (Å²) in [4.78, 5) is 27.9. The van der Waals surface area contributed by atoms with Crippen LogP contribution in [0.25, 0.3) is 11.3 Å². The van der Waals surface area contributed by atoms with Gasteiger partial charge in [0.15, 0.2) is 5.13 Å². The molecule has 7 nitrogen and oxygen atoms in total. The van der Waals surface area contributed by atoms with Crippen LogP contribution in [-0.4, -0.2) is 52.5 Å². The Morgan fingerprint density at radius 3 is 3.14 bits per heavy atom. The van der Waals surface area contributed by atoms with Gasteiger partial charge in [0.25, 0.3) is 0 Å². The van der Waals surface area contributed by atoms with Gasteiger partial charge in [0, 0.05) is 35.8 Å². The molecule has 150 valence electrons. The van der Waals surface area contributed by atoms with Crippen LogP contribution in [0.5, 0.6) is 5.75 Å². The van der Waals surface area contributed by atoms with Gasteiger partial charge in [0.05, 0.1) is 31.2 Å². The zero-order valence-electron chi connectivity index (χ0n) is 16.2. The molecule has 0 spiro atoms. The van der Waals surface area contributed by atoms with Gasteiger partial charge in [-0.3, -0.25) is 14.7 Å². The second kappa shape index (κ2) is 9.11. The summed E-state index contributed by atoms with van der Waals surface area (Å²) < 4.78 is 5.31. The minimum Gasteiger partial charge on any atom is -0.497 e. The van der Waals surface area contributed by atoms with Gasteiger partial charge >= 0.3 is 0 Å². The molecule has 2 aromatic heterocycles. The van der Waals surface area contributed by atoms with Crippen molar-refractivity contribution in [2.75, 3.05) is 32.1 Å². The normalized spacial score (nSPS) is 17.1. The smallest absolute Gasteiger partial charge is 0.240 e. The highest BCUT2D eigenvalue weighted by atomic mass is 32.1. The van der Waals surface area contributed by atoms with Crippen LogP contribution in [0.4, 0.5) is 5.13 Å². The van der Waals surface area contributed by atoms with Crippen molar-refractivity contribution in [1.82, 2.24) is 19.9 Å². The van der Waals surface area contributed by atoms with Crippen molar-refractivity contribution < 1.29 is 9.53 Å². The lowest BCUT2D eigenvalue weighted by molar-refractivity contribution is -0.117. The van der Waals surface area contributed by atoms with E-state index in [-0.39, 0.29) is 11.8 Å². The van der Waals surface area contributed by atoms with Crippen LogP contribution in [0.1, 0.15) is 24.5 Å². The average Bonchev–Trinajstić information content (AvgIpc) is 3.27. The van der Waals surface area contributed by atoms with E-state index in [4.69, 9.17) is 9.72 Å². The van der Waals surface area contributed by atoms with Crippen molar-refractivity contribution in [3.63, 3.8) is 0 Å². The fourth-order valence-corrected chi connectivity index (χ4v) is 4.13. The number of nitrogens with one attached hydrogen (secondary N) is 1. The van der Waals surface area contributed by atoms with Gasteiger partial charge in [-0.25, -0.2) is 9.97 Å². The summed E-state index contributed by atoms with van der Waals surface area (Å²) in [7, 11) is 1.66. The first-order valence-corrected chi connectivity index (χ1v) is 10.5. The van der Waals surface area contributed by atoms with Crippen molar-refractivity contribution in [1.29, 1.82) is 0 Å². The Kier molecular flexibility index (Phi) is 6.12. The number of piperidine rings is 1. The zero-order chi connectivity index (χ0) is 20.1. The fraction of sp³-hybridized carbons (Fsp3) is 0.333. The Morgan fingerprint density at radius 1 is 1.38 bits per heavy atom. The van der Waals surface area contributed by atoms with E-state index in [1.807, 2.05) is 35.8 Å². The van der Waals surface area contributed by atoms with Crippen LogP contribution in [0.3, 0.4) is 0 Å². The fourth-order valence-electron chi connectivity index (χ4n) is 3.59. The zero-order valence-corrected chi connectivity index (χ0v) is 17.1. The van der Waals surface area contributed by atoms with E-state index in [2.05, 4.69) is 20.2 Å². The average molecular weight is 410 g/mol. The summed E-state index contributed by atoms with van der Waals surface area (Å²) >= 11 is 1.42. The molecule has 4 rings (SSSR count). The minimum atomic E-state index is -0.0307. The molecule has 1 atom stereocenters. The van der Waals surface area contributed by atoms with Gasteiger partial charge in [0.1, 0.15) is 5.75 Å². The standard InChI is InChI=1S/C21H23N5O2S/c1-28-17-6-2-4-15(10-17)18-11-22-12-19(24-18)16-5-3-8-26(13-16)14-20(27)25-21-23-7-9-29-21/h2,4,6-7,9-12,16H,3,5,8,13-14H2,1H3,(H,23,25,27). The highest BCUT2D eigenvalue weighted by molar-refractivity contribution is 7.13. The van der Waals surface area contributed by atoms with Gasteiger partial charge in [0.2, 0.25) is 5.91 Å². The third kappa shape index (κ3) is 4.96. The summed E-state index contributed by atoms with van der Waals surface area (Å²) in [6.07, 6.45) is 7.38. The molecule has 0 aliphatic carbocycles. The number of hydrogen-bond donors (Lipinski definition) is 1. The molecule has 0 saturated carbocycles. The van der Waals surface area contributed by atoms with Crippen LogP contribution in [0.15, 0.2) is 48.2 Å². The monoisotopic (exact) mass is 409 g/mol. The number of ether oxygens (including phenoxy) is 1. The molecular formula is C21H23N5O2S. The molecule has 1 aromatic carbocycles. The molecule has 0 bridgehead atoms. The summed E-state index contributed by atoms with van der Waals surface area (Å²) in [6, 6.07) is 7.83. The Balaban J connectivity index is 1.43. The van der Waals surface area contributed by atoms with E-state index in [0.717, 1.165) is 48.6 Å². The Morgan fingerprint density at radius 2 is 2.31 bits per heavy atom. The second-order valence-electron chi connectivity index (χ2n) is 7.02. The third-order valence-corrected chi connectivity index (χ3v) is 5.68. The van der Waals surface area contributed by atoms with Crippen LogP contribution < -0.4 is 10.1 Å². The largest absolute Gasteiger partial charge is 0.497 e. The number of anilines is 1. The molecule has 1 aliphatic heterocycles. The summed E-state index contributed by atoms with van der Waals surface area (Å²) in [5, 5.41) is 5.34. The van der Waals surface area contributed by atoms with Crippen molar-refractivity contribution in [3.8, 4) is 17.0 Å². The summed E-state index contributed by atoms with van der Waals surface area (Å²) in [5.41, 5.74) is 2.78. The maximum absolute atomic E-state index is 12.3. The van der Waals surface area contributed by atoms with Crippen molar-refractivity contribution >= 4 is 22.4 Å². The number of carbonyl (C=O) groups is 1. The molecule has 3 heterocycles. The van der Waals surface area contributed by atoms with Crippen molar-refractivity contribution in [3.05, 3.63) is 53.9 Å². The van der Waals surface area contributed by atoms with E-state index in [0.29, 0.717) is 11.7 Å².